The smallest absolute Gasteiger partial charge is 0.450 e. The SMILES string of the molecule is O=C(NCc1ccccc1)C(c1ccc(Cn2nc(-c3ccc(Cl)cc3)c3ccccc3c2=O)cc1)C1CCCC1.O=C(O)O. The summed E-state index contributed by atoms with van der Waals surface area (Å²) >= 11 is 6.12. The minimum Gasteiger partial charge on any atom is -0.450 e. The Morgan fingerprint density at radius 1 is 0.822 bits per heavy atom. The van der Waals surface area contributed by atoms with Crippen LogP contribution in [0.2, 0.25) is 5.02 Å². The molecule has 1 aliphatic rings. The average Bonchev–Trinajstić information content (AvgIpc) is 3.58. The number of hydrogen-bond donors (Lipinski definition) is 3. The maximum absolute atomic E-state index is 13.5. The first-order chi connectivity index (χ1) is 21.8. The summed E-state index contributed by atoms with van der Waals surface area (Å²) in [5.41, 5.74) is 4.57. The van der Waals surface area contributed by atoms with Gasteiger partial charge in [-0.1, -0.05) is 109 Å². The van der Waals surface area contributed by atoms with Gasteiger partial charge in [-0.2, -0.15) is 5.10 Å². The molecule has 1 aliphatic carbocycles. The van der Waals surface area contributed by atoms with Crippen molar-refractivity contribution in [1.29, 1.82) is 0 Å². The molecule has 0 saturated heterocycles. The van der Waals surface area contributed by atoms with Crippen molar-refractivity contribution in [3.8, 4) is 11.3 Å². The predicted octanol–water partition coefficient (Wildman–Crippen LogP) is 7.58. The Bertz CT molecular complexity index is 1810. The summed E-state index contributed by atoms with van der Waals surface area (Å²) in [6.07, 6.45) is 2.62. The van der Waals surface area contributed by atoms with Crippen molar-refractivity contribution in [3.05, 3.63) is 135 Å². The van der Waals surface area contributed by atoms with Crippen molar-refractivity contribution in [2.75, 3.05) is 0 Å². The molecule has 1 fully saturated rings. The number of halogens is 1. The number of rotatable bonds is 8. The van der Waals surface area contributed by atoms with E-state index in [1.807, 2.05) is 103 Å². The van der Waals surface area contributed by atoms with Crippen LogP contribution in [0.5, 0.6) is 0 Å². The molecule has 8 nitrogen and oxygen atoms in total. The Morgan fingerprint density at radius 3 is 2.07 bits per heavy atom. The van der Waals surface area contributed by atoms with E-state index in [2.05, 4.69) is 5.32 Å². The summed E-state index contributed by atoms with van der Waals surface area (Å²) in [6.45, 7) is 0.853. The van der Waals surface area contributed by atoms with Crippen LogP contribution in [0.1, 0.15) is 48.3 Å². The number of nitrogens with one attached hydrogen (secondary N) is 1. The molecule has 1 saturated carbocycles. The number of fused-ring (bicyclic) bond motifs is 1. The lowest BCUT2D eigenvalue weighted by molar-refractivity contribution is -0.123. The molecule has 6 rings (SSSR count). The van der Waals surface area contributed by atoms with Crippen LogP contribution in [0.4, 0.5) is 4.79 Å². The van der Waals surface area contributed by atoms with E-state index in [0.29, 0.717) is 29.4 Å². The van der Waals surface area contributed by atoms with E-state index in [4.69, 9.17) is 31.7 Å². The lowest BCUT2D eigenvalue weighted by Gasteiger charge is -2.23. The molecule has 230 valence electrons. The number of amides is 1. The molecule has 0 radical (unpaired) electrons. The molecule has 4 aromatic carbocycles. The van der Waals surface area contributed by atoms with Gasteiger partial charge >= 0.3 is 6.16 Å². The van der Waals surface area contributed by atoms with Gasteiger partial charge in [-0.15, -0.1) is 0 Å². The van der Waals surface area contributed by atoms with E-state index < -0.39 is 6.16 Å². The van der Waals surface area contributed by atoms with Gasteiger partial charge in [0, 0.05) is 22.5 Å². The van der Waals surface area contributed by atoms with Crippen molar-refractivity contribution >= 4 is 34.4 Å². The van der Waals surface area contributed by atoms with E-state index >= 15 is 0 Å². The number of carboxylic acid groups (broad SMARTS) is 2. The zero-order valence-electron chi connectivity index (χ0n) is 24.6. The molecule has 1 amide bonds. The average molecular weight is 624 g/mol. The first-order valence-electron chi connectivity index (χ1n) is 14.9. The van der Waals surface area contributed by atoms with Crippen LogP contribution >= 0.6 is 11.6 Å². The van der Waals surface area contributed by atoms with E-state index in [1.165, 1.54) is 4.68 Å². The largest absolute Gasteiger partial charge is 0.503 e. The zero-order valence-corrected chi connectivity index (χ0v) is 25.4. The Balaban J connectivity index is 0.000000945. The number of hydrogen-bond acceptors (Lipinski definition) is 4. The highest BCUT2D eigenvalue weighted by Gasteiger charge is 2.32. The van der Waals surface area contributed by atoms with Gasteiger partial charge in [0.15, 0.2) is 0 Å². The van der Waals surface area contributed by atoms with Crippen LogP contribution < -0.4 is 10.9 Å². The maximum atomic E-state index is 13.5. The standard InChI is InChI=1S/C35H32ClN3O2.CH2O3/c36-29-20-18-28(19-21-29)33-30-12-6-7-13-31(30)35(41)39(38-33)23-25-14-16-27(17-15-25)32(26-10-4-5-11-26)34(40)37-22-24-8-2-1-3-9-24;2-1(3)4/h1-3,6-9,12-21,26,32H,4-5,10-11,22-23H2,(H,37,40);(H2,2,3,4). The number of aromatic nitrogens is 2. The maximum Gasteiger partial charge on any atom is 0.503 e. The number of carbonyl (C=O) groups is 2. The summed E-state index contributed by atoms with van der Waals surface area (Å²) < 4.78 is 1.53. The van der Waals surface area contributed by atoms with Gasteiger partial charge in [0.1, 0.15) is 0 Å². The number of benzene rings is 4. The molecule has 1 heterocycles. The van der Waals surface area contributed by atoms with Gasteiger partial charge in [0.2, 0.25) is 5.91 Å². The Morgan fingerprint density at radius 2 is 1.42 bits per heavy atom. The number of nitrogens with zero attached hydrogens (tertiary/aromatic N) is 2. The fourth-order valence-electron chi connectivity index (χ4n) is 5.99. The summed E-state index contributed by atoms with van der Waals surface area (Å²) in [5, 5.41) is 24.0. The third-order valence-corrected chi connectivity index (χ3v) is 8.37. The van der Waals surface area contributed by atoms with Crippen LogP contribution in [-0.2, 0) is 17.9 Å². The van der Waals surface area contributed by atoms with Crippen LogP contribution in [-0.4, -0.2) is 32.1 Å². The van der Waals surface area contributed by atoms with Crippen LogP contribution in [0.15, 0.2) is 108 Å². The molecule has 0 bridgehead atoms. The summed E-state index contributed by atoms with van der Waals surface area (Å²) in [5.74, 6) is 0.227. The lowest BCUT2D eigenvalue weighted by atomic mass is 9.83. The molecule has 1 unspecified atom stereocenters. The van der Waals surface area contributed by atoms with Crippen molar-refractivity contribution in [1.82, 2.24) is 15.1 Å². The summed E-state index contributed by atoms with van der Waals surface area (Å²) in [7, 11) is 0. The first-order valence-corrected chi connectivity index (χ1v) is 15.3. The van der Waals surface area contributed by atoms with Crippen LogP contribution in [0.25, 0.3) is 22.0 Å². The Kier molecular flexibility index (Phi) is 10.3. The normalized spacial score (nSPS) is 13.5. The Hall–Kier alpha value is -4.95. The molecule has 3 N–H and O–H groups in total. The fourth-order valence-corrected chi connectivity index (χ4v) is 6.12. The molecule has 5 aromatic rings. The van der Waals surface area contributed by atoms with Crippen molar-refractivity contribution in [2.45, 2.75) is 44.7 Å². The van der Waals surface area contributed by atoms with E-state index in [1.54, 1.807) is 0 Å². The molecular formula is C36H34ClN3O5. The van der Waals surface area contributed by atoms with Gasteiger partial charge in [0.25, 0.3) is 5.56 Å². The number of carbonyl (C=O) groups excluding carboxylic acids is 1. The van der Waals surface area contributed by atoms with E-state index in [-0.39, 0.29) is 17.4 Å². The molecule has 45 heavy (non-hydrogen) atoms. The van der Waals surface area contributed by atoms with Crippen LogP contribution in [0.3, 0.4) is 0 Å². The first kappa shape index (κ1) is 31.5. The summed E-state index contributed by atoms with van der Waals surface area (Å²) in [6, 6.07) is 33.2. The minimum atomic E-state index is -1.83. The monoisotopic (exact) mass is 623 g/mol. The molecule has 1 aromatic heterocycles. The van der Waals surface area contributed by atoms with Crippen LogP contribution in [0, 0.1) is 5.92 Å². The lowest BCUT2D eigenvalue weighted by Crippen LogP contribution is -2.32. The minimum absolute atomic E-state index is 0.0773. The second-order valence-electron chi connectivity index (χ2n) is 11.1. The van der Waals surface area contributed by atoms with Gasteiger partial charge in [-0.25, -0.2) is 9.48 Å². The highest BCUT2D eigenvalue weighted by atomic mass is 35.5. The highest BCUT2D eigenvalue weighted by molar-refractivity contribution is 6.30. The summed E-state index contributed by atoms with van der Waals surface area (Å²) in [4.78, 5) is 35.4. The van der Waals surface area contributed by atoms with E-state index in [0.717, 1.165) is 59.0 Å². The molecule has 1 atom stereocenters. The van der Waals surface area contributed by atoms with Gasteiger partial charge in [-0.05, 0) is 53.6 Å². The van der Waals surface area contributed by atoms with Crippen molar-refractivity contribution < 1.29 is 19.8 Å². The third kappa shape index (κ3) is 7.96. The topological polar surface area (TPSA) is 122 Å². The highest BCUT2D eigenvalue weighted by Crippen LogP contribution is 2.38. The van der Waals surface area contributed by atoms with Crippen molar-refractivity contribution in [3.63, 3.8) is 0 Å². The Labute approximate surface area is 265 Å². The van der Waals surface area contributed by atoms with Gasteiger partial charge in [0.05, 0.1) is 23.5 Å². The van der Waals surface area contributed by atoms with Crippen molar-refractivity contribution in [2.24, 2.45) is 5.92 Å². The molecule has 0 aliphatic heterocycles. The third-order valence-electron chi connectivity index (χ3n) is 8.12. The second-order valence-corrected chi connectivity index (χ2v) is 11.6. The molecule has 9 heteroatoms. The fraction of sp³-hybridized carbons (Fsp3) is 0.222. The quantitative estimate of drug-likeness (QED) is 0.164. The van der Waals surface area contributed by atoms with Gasteiger partial charge < -0.3 is 15.5 Å². The van der Waals surface area contributed by atoms with Gasteiger partial charge in [-0.3, -0.25) is 9.59 Å². The zero-order chi connectivity index (χ0) is 31.8. The second kappa shape index (κ2) is 14.7. The molecule has 0 spiro atoms. The van der Waals surface area contributed by atoms with E-state index in [9.17, 15) is 9.59 Å². The molecular weight excluding hydrogens is 590 g/mol. The predicted molar refractivity (Wildman–Crippen MR) is 176 cm³/mol.